The summed E-state index contributed by atoms with van der Waals surface area (Å²) in [7, 11) is -2.42. The predicted molar refractivity (Wildman–Crippen MR) is 104 cm³/mol. The number of nitrogens with one attached hydrogen (secondary N) is 1. The third-order valence-electron chi connectivity index (χ3n) is 4.14. The van der Waals surface area contributed by atoms with Gasteiger partial charge in [0.25, 0.3) is 0 Å². The van der Waals surface area contributed by atoms with Crippen molar-refractivity contribution in [3.8, 4) is 0 Å². The normalized spacial score (nSPS) is 13.0. The van der Waals surface area contributed by atoms with E-state index in [-0.39, 0.29) is 11.4 Å². The maximum atomic E-state index is 12.5. The highest BCUT2D eigenvalue weighted by Gasteiger charge is 2.24. The lowest BCUT2D eigenvalue weighted by atomic mass is 10.2. The Bertz CT molecular complexity index is 1030. The highest BCUT2D eigenvalue weighted by Crippen LogP contribution is 2.23. The van der Waals surface area contributed by atoms with Crippen LogP contribution in [0.25, 0.3) is 11.0 Å². The van der Waals surface area contributed by atoms with Gasteiger partial charge in [-0.2, -0.15) is 4.31 Å². The fourth-order valence-corrected chi connectivity index (χ4v) is 3.90. The topological polar surface area (TPSA) is 79.6 Å². The molecule has 0 saturated carbocycles. The van der Waals surface area contributed by atoms with Crippen LogP contribution in [0.1, 0.15) is 18.7 Å². The Hall–Kier alpha value is -2.35. The number of rotatable bonds is 6. The van der Waals surface area contributed by atoms with E-state index >= 15 is 0 Å². The molecule has 8 heteroatoms. The Labute approximate surface area is 162 Å². The fourth-order valence-electron chi connectivity index (χ4n) is 2.65. The number of sulfonamides is 1. The van der Waals surface area contributed by atoms with Gasteiger partial charge in [-0.15, -0.1) is 0 Å². The molecule has 0 aliphatic heterocycles. The van der Waals surface area contributed by atoms with E-state index in [1.54, 1.807) is 6.92 Å². The molecule has 0 radical (unpaired) electrons. The van der Waals surface area contributed by atoms with Crippen molar-refractivity contribution in [2.24, 2.45) is 0 Å². The van der Waals surface area contributed by atoms with Gasteiger partial charge in [-0.3, -0.25) is 4.79 Å². The maximum absolute atomic E-state index is 12.5. The van der Waals surface area contributed by atoms with Crippen LogP contribution in [-0.4, -0.2) is 32.2 Å². The van der Waals surface area contributed by atoms with Crippen molar-refractivity contribution in [2.75, 3.05) is 13.6 Å². The van der Waals surface area contributed by atoms with Gasteiger partial charge in [0.1, 0.15) is 11.3 Å². The van der Waals surface area contributed by atoms with Crippen LogP contribution in [-0.2, 0) is 14.8 Å². The zero-order valence-corrected chi connectivity index (χ0v) is 16.4. The molecule has 0 unspecified atom stereocenters. The molecule has 0 saturated heterocycles. The number of para-hydroxylation sites is 1. The first-order valence-electron chi connectivity index (χ1n) is 8.27. The van der Waals surface area contributed by atoms with Crippen molar-refractivity contribution in [1.82, 2.24) is 9.62 Å². The minimum absolute atomic E-state index is 0.0764. The molecule has 27 heavy (non-hydrogen) atoms. The van der Waals surface area contributed by atoms with Crippen molar-refractivity contribution < 1.29 is 17.6 Å². The van der Waals surface area contributed by atoms with Crippen molar-refractivity contribution >= 4 is 38.5 Å². The Balaban J connectivity index is 1.66. The molecule has 0 fully saturated rings. The number of hydrogen-bond donors (Lipinski definition) is 1. The summed E-state index contributed by atoms with van der Waals surface area (Å²) in [5, 5.41) is 4.14. The van der Waals surface area contributed by atoms with Crippen LogP contribution in [0.15, 0.2) is 63.9 Å². The molecule has 1 atom stereocenters. The Morgan fingerprint density at radius 3 is 2.52 bits per heavy atom. The number of nitrogens with zero attached hydrogens (tertiary/aromatic N) is 1. The Morgan fingerprint density at radius 2 is 1.85 bits per heavy atom. The monoisotopic (exact) mass is 406 g/mol. The van der Waals surface area contributed by atoms with Crippen LogP contribution < -0.4 is 5.32 Å². The summed E-state index contributed by atoms with van der Waals surface area (Å²) >= 11 is 5.79. The smallest absolute Gasteiger partial charge is 0.243 e. The number of amides is 1. The van der Waals surface area contributed by atoms with Crippen molar-refractivity contribution in [1.29, 1.82) is 0 Å². The standard InChI is InChI=1S/C19H19ClN2O4S/c1-13(18-11-14-5-3-4-6-17(14)26-18)21-19(23)12-22(2)27(24,25)16-9-7-15(20)8-10-16/h3-11,13H,12H2,1-2H3,(H,21,23)/t13-/m0/s1. The van der Waals surface area contributed by atoms with Gasteiger partial charge in [-0.1, -0.05) is 29.8 Å². The number of halogens is 1. The zero-order chi connectivity index (χ0) is 19.6. The molecule has 0 spiro atoms. The number of carbonyl (C=O) groups is 1. The first-order chi connectivity index (χ1) is 12.8. The molecule has 0 bridgehead atoms. The molecule has 0 aliphatic rings. The van der Waals surface area contributed by atoms with Gasteiger partial charge in [0.2, 0.25) is 15.9 Å². The molecule has 1 amide bonds. The number of furan rings is 1. The van der Waals surface area contributed by atoms with Gasteiger partial charge in [-0.05, 0) is 43.3 Å². The van der Waals surface area contributed by atoms with Crippen LogP contribution in [0.5, 0.6) is 0 Å². The maximum Gasteiger partial charge on any atom is 0.243 e. The molecule has 3 rings (SSSR count). The lowest BCUT2D eigenvalue weighted by Gasteiger charge is -2.18. The summed E-state index contributed by atoms with van der Waals surface area (Å²) in [5.41, 5.74) is 0.732. The lowest BCUT2D eigenvalue weighted by Crippen LogP contribution is -2.39. The third-order valence-corrected chi connectivity index (χ3v) is 6.21. The minimum atomic E-state index is -3.78. The second kappa shape index (κ2) is 7.72. The molecule has 3 aromatic rings. The van der Waals surface area contributed by atoms with Crippen LogP contribution in [0, 0.1) is 0 Å². The van der Waals surface area contributed by atoms with Crippen molar-refractivity contribution in [3.05, 3.63) is 65.4 Å². The van der Waals surface area contributed by atoms with Gasteiger partial charge in [-0.25, -0.2) is 8.42 Å². The second-order valence-electron chi connectivity index (χ2n) is 6.19. The summed E-state index contributed by atoms with van der Waals surface area (Å²) in [6.07, 6.45) is 0. The lowest BCUT2D eigenvalue weighted by molar-refractivity contribution is -0.121. The zero-order valence-electron chi connectivity index (χ0n) is 14.8. The SMILES string of the molecule is C[C@H](NC(=O)CN(C)S(=O)(=O)c1ccc(Cl)cc1)c1cc2ccccc2o1. The number of benzene rings is 2. The van der Waals surface area contributed by atoms with Crippen LogP contribution >= 0.6 is 11.6 Å². The molecular formula is C19H19ClN2O4S. The van der Waals surface area contributed by atoms with E-state index in [4.69, 9.17) is 16.0 Å². The largest absolute Gasteiger partial charge is 0.459 e. The minimum Gasteiger partial charge on any atom is -0.459 e. The van der Waals surface area contributed by atoms with Crippen LogP contribution in [0.2, 0.25) is 5.02 Å². The highest BCUT2D eigenvalue weighted by molar-refractivity contribution is 7.89. The Morgan fingerprint density at radius 1 is 1.19 bits per heavy atom. The van der Waals surface area contributed by atoms with E-state index < -0.39 is 22.0 Å². The summed E-state index contributed by atoms with van der Waals surface area (Å²) in [4.78, 5) is 12.4. The third kappa shape index (κ3) is 4.32. The highest BCUT2D eigenvalue weighted by atomic mass is 35.5. The number of fused-ring (bicyclic) bond motifs is 1. The average molecular weight is 407 g/mol. The summed E-state index contributed by atoms with van der Waals surface area (Å²) in [5.74, 6) is 0.177. The molecule has 0 aliphatic carbocycles. The number of carbonyl (C=O) groups excluding carboxylic acids is 1. The number of hydrogen-bond acceptors (Lipinski definition) is 4. The quantitative estimate of drug-likeness (QED) is 0.678. The molecule has 1 heterocycles. The van der Waals surface area contributed by atoms with Gasteiger partial charge >= 0.3 is 0 Å². The van der Waals surface area contributed by atoms with E-state index in [1.807, 2.05) is 30.3 Å². The van der Waals surface area contributed by atoms with E-state index in [1.165, 1.54) is 31.3 Å². The average Bonchev–Trinajstić information content (AvgIpc) is 3.06. The molecular weight excluding hydrogens is 388 g/mol. The van der Waals surface area contributed by atoms with Crippen molar-refractivity contribution in [2.45, 2.75) is 17.9 Å². The van der Waals surface area contributed by atoms with Gasteiger partial charge in [0.05, 0.1) is 17.5 Å². The van der Waals surface area contributed by atoms with Gasteiger partial charge in [0.15, 0.2) is 0 Å². The predicted octanol–water partition coefficient (Wildman–Crippen LogP) is 3.58. The first-order valence-corrected chi connectivity index (χ1v) is 10.1. The van der Waals surface area contributed by atoms with Crippen LogP contribution in [0.3, 0.4) is 0 Å². The first kappa shape index (κ1) is 19.4. The van der Waals surface area contributed by atoms with E-state index in [0.717, 1.165) is 15.3 Å². The molecule has 142 valence electrons. The van der Waals surface area contributed by atoms with Gasteiger partial charge in [0, 0.05) is 17.5 Å². The molecule has 2 aromatic carbocycles. The fraction of sp³-hybridized carbons (Fsp3) is 0.211. The van der Waals surface area contributed by atoms with E-state index in [9.17, 15) is 13.2 Å². The van der Waals surface area contributed by atoms with E-state index in [2.05, 4.69) is 5.32 Å². The van der Waals surface area contributed by atoms with Crippen LogP contribution in [0.4, 0.5) is 0 Å². The summed E-state index contributed by atoms with van der Waals surface area (Å²) in [6.45, 7) is 1.47. The number of likely N-dealkylation sites (N-methyl/N-ethyl adjacent to an activating group) is 1. The Kier molecular flexibility index (Phi) is 5.55. The second-order valence-corrected chi connectivity index (χ2v) is 8.67. The molecule has 6 nitrogen and oxygen atoms in total. The molecule has 1 N–H and O–H groups in total. The van der Waals surface area contributed by atoms with Crippen molar-refractivity contribution in [3.63, 3.8) is 0 Å². The summed E-state index contributed by atoms with van der Waals surface area (Å²) in [6, 6.07) is 14.8. The summed E-state index contributed by atoms with van der Waals surface area (Å²) < 4.78 is 31.8. The van der Waals surface area contributed by atoms with E-state index in [0.29, 0.717) is 10.8 Å². The van der Waals surface area contributed by atoms with Gasteiger partial charge < -0.3 is 9.73 Å². The molecule has 1 aromatic heterocycles.